The van der Waals surface area contributed by atoms with Gasteiger partial charge in [0.05, 0.1) is 23.6 Å². The molecule has 8 nitrogen and oxygen atoms in total. The summed E-state index contributed by atoms with van der Waals surface area (Å²) in [4.78, 5) is 38.9. The first-order valence-corrected chi connectivity index (χ1v) is 13.0. The van der Waals surface area contributed by atoms with Gasteiger partial charge < -0.3 is 19.5 Å². The molecule has 1 aliphatic heterocycles. The van der Waals surface area contributed by atoms with E-state index >= 15 is 0 Å². The number of halogens is 2. The van der Waals surface area contributed by atoms with E-state index in [0.717, 1.165) is 4.90 Å². The minimum atomic E-state index is -0.609. The summed E-state index contributed by atoms with van der Waals surface area (Å²) in [5.41, 5.74) is 1.32. The molecule has 0 aromatic heterocycles. The molecule has 202 valence electrons. The van der Waals surface area contributed by atoms with Crippen molar-refractivity contribution in [2.45, 2.75) is 13.5 Å². The molecule has 39 heavy (non-hydrogen) atoms. The molecule has 0 bridgehead atoms. The van der Waals surface area contributed by atoms with Gasteiger partial charge in [-0.25, -0.2) is 4.39 Å². The Morgan fingerprint density at radius 3 is 2.54 bits per heavy atom. The Balaban J connectivity index is 1.44. The highest BCUT2D eigenvalue weighted by Crippen LogP contribution is 2.39. The van der Waals surface area contributed by atoms with Crippen molar-refractivity contribution in [3.05, 3.63) is 87.5 Å². The maximum atomic E-state index is 13.9. The van der Waals surface area contributed by atoms with Crippen molar-refractivity contribution in [3.63, 3.8) is 0 Å². The molecule has 0 unspecified atom stereocenters. The number of nitrogens with zero attached hydrogens (tertiary/aromatic N) is 1. The summed E-state index contributed by atoms with van der Waals surface area (Å²) in [6.07, 6.45) is 1.48. The highest BCUT2D eigenvalue weighted by molar-refractivity contribution is 8.18. The topological polar surface area (TPSA) is 94.2 Å². The van der Waals surface area contributed by atoms with Gasteiger partial charge >= 0.3 is 0 Å². The van der Waals surface area contributed by atoms with Crippen LogP contribution < -0.4 is 19.5 Å². The Morgan fingerprint density at radius 1 is 1.10 bits per heavy atom. The van der Waals surface area contributed by atoms with Crippen LogP contribution in [-0.4, -0.2) is 42.2 Å². The van der Waals surface area contributed by atoms with Crippen LogP contribution in [0.3, 0.4) is 0 Å². The molecule has 3 aromatic rings. The number of carbonyl (C=O) groups excluding carboxylic acids is 3. The number of rotatable bonds is 10. The van der Waals surface area contributed by atoms with E-state index in [9.17, 15) is 18.8 Å². The number of imide groups is 1. The average molecular weight is 571 g/mol. The summed E-state index contributed by atoms with van der Waals surface area (Å²) in [5, 5.41) is 2.26. The van der Waals surface area contributed by atoms with E-state index in [1.54, 1.807) is 48.5 Å². The molecule has 4 rings (SSSR count). The zero-order valence-electron chi connectivity index (χ0n) is 21.0. The monoisotopic (exact) mass is 570 g/mol. The second-order valence-electron chi connectivity index (χ2n) is 8.19. The lowest BCUT2D eigenvalue weighted by molar-refractivity contribution is -0.127. The van der Waals surface area contributed by atoms with Crippen molar-refractivity contribution in [1.29, 1.82) is 0 Å². The van der Waals surface area contributed by atoms with Crippen LogP contribution in [0, 0.1) is 5.82 Å². The number of benzene rings is 3. The van der Waals surface area contributed by atoms with Crippen molar-refractivity contribution < 1.29 is 33.0 Å². The highest BCUT2D eigenvalue weighted by atomic mass is 35.5. The van der Waals surface area contributed by atoms with Crippen molar-refractivity contribution in [1.82, 2.24) is 4.90 Å². The summed E-state index contributed by atoms with van der Waals surface area (Å²) >= 11 is 7.12. The fourth-order valence-electron chi connectivity index (χ4n) is 3.66. The van der Waals surface area contributed by atoms with Gasteiger partial charge in [0.25, 0.3) is 11.1 Å². The van der Waals surface area contributed by atoms with Crippen molar-refractivity contribution >= 4 is 52.2 Å². The molecule has 1 fully saturated rings. The first kappa shape index (κ1) is 28.0. The van der Waals surface area contributed by atoms with Gasteiger partial charge in [-0.3, -0.25) is 19.3 Å². The lowest BCUT2D eigenvalue weighted by Crippen LogP contribution is -2.36. The predicted octanol–water partition coefficient (Wildman–Crippen LogP) is 6.14. The molecule has 0 spiro atoms. The molecular weight excluding hydrogens is 547 g/mol. The number of hydrogen-bond donors (Lipinski definition) is 1. The first-order chi connectivity index (χ1) is 18.8. The molecule has 11 heteroatoms. The van der Waals surface area contributed by atoms with Crippen LogP contribution in [0.25, 0.3) is 6.08 Å². The number of methoxy groups -OCH3 is 1. The Labute approximate surface area is 233 Å². The van der Waals surface area contributed by atoms with Gasteiger partial charge in [-0.2, -0.15) is 0 Å². The molecule has 1 aliphatic rings. The number of thioether (sulfide) groups is 1. The quantitative estimate of drug-likeness (QED) is 0.293. The second-order valence-corrected chi connectivity index (χ2v) is 9.59. The van der Waals surface area contributed by atoms with Crippen LogP contribution >= 0.6 is 23.4 Å². The molecule has 3 aromatic carbocycles. The number of amides is 3. The fraction of sp³-hybridized carbons (Fsp3) is 0.179. The zero-order valence-corrected chi connectivity index (χ0v) is 22.6. The van der Waals surface area contributed by atoms with Crippen LogP contribution in [0.2, 0.25) is 5.02 Å². The fourth-order valence-corrected chi connectivity index (χ4v) is 4.77. The van der Waals surface area contributed by atoms with Gasteiger partial charge in [0.1, 0.15) is 24.7 Å². The second kappa shape index (κ2) is 12.7. The van der Waals surface area contributed by atoms with Crippen LogP contribution in [-0.2, 0) is 16.2 Å². The standard InChI is InChI=1S/C28H24ClFN2O6S/c1-3-37-20-10-8-19(9-11-20)31-25(33)15-32-27(34)24(39-28(32)35)14-17-12-21(29)26(23(13-17)36-2)38-16-18-6-4-5-7-22(18)30/h4-14H,3,15-16H2,1-2H3,(H,31,33)/b24-14+. The molecule has 1 N–H and O–H groups in total. The summed E-state index contributed by atoms with van der Waals surface area (Å²) < 4.78 is 30.4. The summed E-state index contributed by atoms with van der Waals surface area (Å²) in [6.45, 7) is 1.87. The maximum Gasteiger partial charge on any atom is 0.294 e. The smallest absolute Gasteiger partial charge is 0.294 e. The van der Waals surface area contributed by atoms with E-state index in [2.05, 4.69) is 5.32 Å². The summed E-state index contributed by atoms with van der Waals surface area (Å²) in [7, 11) is 1.42. The number of ether oxygens (including phenoxy) is 3. The van der Waals surface area contributed by atoms with Gasteiger partial charge in [-0.15, -0.1) is 0 Å². The predicted molar refractivity (Wildman–Crippen MR) is 148 cm³/mol. The SMILES string of the molecule is CCOc1ccc(NC(=O)CN2C(=O)S/C(=C/c3cc(Cl)c(OCc4ccccc4F)c(OC)c3)C2=O)cc1. The van der Waals surface area contributed by atoms with Gasteiger partial charge in [0.15, 0.2) is 11.5 Å². The van der Waals surface area contributed by atoms with E-state index in [4.69, 9.17) is 25.8 Å². The largest absolute Gasteiger partial charge is 0.494 e. The van der Waals surface area contributed by atoms with E-state index < -0.39 is 29.4 Å². The Hall–Kier alpha value is -4.02. The Morgan fingerprint density at radius 2 is 1.85 bits per heavy atom. The number of carbonyl (C=O) groups is 3. The molecule has 3 amide bonds. The first-order valence-electron chi connectivity index (χ1n) is 11.8. The van der Waals surface area contributed by atoms with Crippen molar-refractivity contribution in [2.24, 2.45) is 0 Å². The summed E-state index contributed by atoms with van der Waals surface area (Å²) in [5.74, 6) is -0.413. The van der Waals surface area contributed by atoms with Crippen LogP contribution in [0.5, 0.6) is 17.2 Å². The van der Waals surface area contributed by atoms with E-state index in [1.165, 1.54) is 25.3 Å². The van der Waals surface area contributed by atoms with Crippen LogP contribution in [0.1, 0.15) is 18.1 Å². The summed E-state index contributed by atoms with van der Waals surface area (Å²) in [6, 6.07) is 16.1. The lowest BCUT2D eigenvalue weighted by atomic mass is 10.1. The number of anilines is 1. The van der Waals surface area contributed by atoms with Crippen LogP contribution in [0.15, 0.2) is 65.6 Å². The number of nitrogens with one attached hydrogen (secondary N) is 1. The zero-order chi connectivity index (χ0) is 27.9. The van der Waals surface area contributed by atoms with E-state index in [-0.39, 0.29) is 28.0 Å². The minimum absolute atomic E-state index is 0.0697. The van der Waals surface area contributed by atoms with Crippen molar-refractivity contribution in [2.75, 3.05) is 25.6 Å². The molecule has 0 radical (unpaired) electrons. The molecule has 0 saturated carbocycles. The third-order valence-corrected chi connectivity index (χ3v) is 6.69. The average Bonchev–Trinajstić information content (AvgIpc) is 3.17. The van der Waals surface area contributed by atoms with Gasteiger partial charge in [0, 0.05) is 11.3 Å². The van der Waals surface area contributed by atoms with Crippen LogP contribution in [0.4, 0.5) is 14.9 Å². The minimum Gasteiger partial charge on any atom is -0.494 e. The van der Waals surface area contributed by atoms with Crippen molar-refractivity contribution in [3.8, 4) is 17.2 Å². The Kier molecular flexibility index (Phi) is 9.11. The van der Waals surface area contributed by atoms with E-state index in [0.29, 0.717) is 40.9 Å². The Bertz CT molecular complexity index is 1430. The lowest BCUT2D eigenvalue weighted by Gasteiger charge is -2.14. The third kappa shape index (κ3) is 6.90. The van der Waals surface area contributed by atoms with Gasteiger partial charge in [0.2, 0.25) is 5.91 Å². The molecule has 1 saturated heterocycles. The normalized spacial score (nSPS) is 14.1. The highest BCUT2D eigenvalue weighted by Gasteiger charge is 2.36. The maximum absolute atomic E-state index is 13.9. The molecule has 1 heterocycles. The van der Waals surface area contributed by atoms with E-state index in [1.807, 2.05) is 6.92 Å². The number of hydrogen-bond acceptors (Lipinski definition) is 7. The molecule has 0 atom stereocenters. The third-order valence-electron chi connectivity index (χ3n) is 5.50. The molecule has 0 aliphatic carbocycles. The van der Waals surface area contributed by atoms with Gasteiger partial charge in [-0.05, 0) is 72.8 Å². The molecular formula is C28H24ClFN2O6S. The van der Waals surface area contributed by atoms with Gasteiger partial charge in [-0.1, -0.05) is 29.8 Å².